The molecule has 0 fully saturated rings. The van der Waals surface area contributed by atoms with E-state index in [1.54, 1.807) is 26.0 Å². The van der Waals surface area contributed by atoms with Crippen LogP contribution < -0.4 is 5.32 Å². The Morgan fingerprint density at radius 3 is 2.38 bits per heavy atom. The van der Waals surface area contributed by atoms with Gasteiger partial charge in [-0.1, -0.05) is 12.1 Å². The van der Waals surface area contributed by atoms with Crippen molar-refractivity contribution in [2.75, 3.05) is 0 Å². The molecular formula is C13H20FNO. The van der Waals surface area contributed by atoms with Gasteiger partial charge in [-0.25, -0.2) is 4.39 Å². The van der Waals surface area contributed by atoms with Crippen molar-refractivity contribution in [1.82, 2.24) is 5.32 Å². The Morgan fingerprint density at radius 2 is 1.88 bits per heavy atom. The summed E-state index contributed by atoms with van der Waals surface area (Å²) in [6, 6.07) is 5.24. The Kier molecular flexibility index (Phi) is 4.44. The van der Waals surface area contributed by atoms with Crippen molar-refractivity contribution < 1.29 is 9.50 Å². The predicted molar refractivity (Wildman–Crippen MR) is 63.8 cm³/mol. The third-order valence-corrected chi connectivity index (χ3v) is 2.93. The average molecular weight is 225 g/mol. The fourth-order valence-electron chi connectivity index (χ4n) is 1.51. The lowest BCUT2D eigenvalue weighted by Gasteiger charge is -2.22. The van der Waals surface area contributed by atoms with Crippen LogP contribution >= 0.6 is 0 Å². The van der Waals surface area contributed by atoms with Gasteiger partial charge in [0.05, 0.1) is 6.10 Å². The molecule has 2 nitrogen and oxygen atoms in total. The molecule has 3 heteroatoms. The van der Waals surface area contributed by atoms with E-state index in [1.807, 2.05) is 19.9 Å². The molecule has 2 N–H and O–H groups in total. The van der Waals surface area contributed by atoms with Gasteiger partial charge in [-0.3, -0.25) is 0 Å². The van der Waals surface area contributed by atoms with E-state index in [2.05, 4.69) is 5.32 Å². The van der Waals surface area contributed by atoms with Crippen LogP contribution in [-0.4, -0.2) is 17.3 Å². The Bertz CT molecular complexity index is 352. The molecule has 1 aromatic carbocycles. The normalized spacial score (nSPS) is 16.9. The summed E-state index contributed by atoms with van der Waals surface area (Å²) in [4.78, 5) is 0. The van der Waals surface area contributed by atoms with E-state index in [0.29, 0.717) is 5.56 Å². The molecule has 0 aliphatic rings. The monoisotopic (exact) mass is 225 g/mol. The van der Waals surface area contributed by atoms with Gasteiger partial charge in [0, 0.05) is 12.1 Å². The number of hydrogen-bond donors (Lipinski definition) is 2. The van der Waals surface area contributed by atoms with Gasteiger partial charge in [0.25, 0.3) is 0 Å². The number of rotatable bonds is 4. The highest BCUT2D eigenvalue weighted by Gasteiger charge is 2.13. The van der Waals surface area contributed by atoms with Gasteiger partial charge in [-0.2, -0.15) is 0 Å². The van der Waals surface area contributed by atoms with E-state index >= 15 is 0 Å². The third-order valence-electron chi connectivity index (χ3n) is 2.93. The van der Waals surface area contributed by atoms with Crippen molar-refractivity contribution in [2.45, 2.75) is 45.9 Å². The van der Waals surface area contributed by atoms with E-state index in [-0.39, 0.29) is 17.9 Å². The van der Waals surface area contributed by atoms with Gasteiger partial charge in [-0.05, 0) is 44.9 Å². The molecule has 0 aliphatic carbocycles. The molecule has 0 amide bonds. The Labute approximate surface area is 96.5 Å². The molecule has 1 rings (SSSR count). The lowest BCUT2D eigenvalue weighted by Crippen LogP contribution is -2.37. The zero-order valence-electron chi connectivity index (χ0n) is 10.3. The van der Waals surface area contributed by atoms with Crippen LogP contribution in [0.4, 0.5) is 4.39 Å². The number of nitrogens with one attached hydrogen (secondary N) is 1. The molecule has 90 valence electrons. The number of hydrogen-bond acceptors (Lipinski definition) is 2. The highest BCUT2D eigenvalue weighted by Crippen LogP contribution is 2.17. The fraction of sp³-hybridized carbons (Fsp3) is 0.538. The summed E-state index contributed by atoms with van der Waals surface area (Å²) in [7, 11) is 0. The van der Waals surface area contributed by atoms with Crippen LogP contribution in [0, 0.1) is 12.7 Å². The topological polar surface area (TPSA) is 32.3 Å². The maximum absolute atomic E-state index is 13.4. The molecule has 0 radical (unpaired) electrons. The Morgan fingerprint density at radius 1 is 1.25 bits per heavy atom. The summed E-state index contributed by atoms with van der Waals surface area (Å²) in [5, 5.41) is 12.6. The van der Waals surface area contributed by atoms with Gasteiger partial charge in [-0.15, -0.1) is 0 Å². The van der Waals surface area contributed by atoms with Crippen LogP contribution in [0.1, 0.15) is 37.9 Å². The largest absolute Gasteiger partial charge is 0.392 e. The number of benzene rings is 1. The van der Waals surface area contributed by atoms with E-state index in [1.165, 1.54) is 0 Å². The van der Waals surface area contributed by atoms with Gasteiger partial charge < -0.3 is 10.4 Å². The quantitative estimate of drug-likeness (QED) is 0.825. The van der Waals surface area contributed by atoms with Crippen molar-refractivity contribution >= 4 is 0 Å². The second-order valence-corrected chi connectivity index (χ2v) is 4.43. The van der Waals surface area contributed by atoms with Crippen molar-refractivity contribution in [3.05, 3.63) is 35.1 Å². The lowest BCUT2D eigenvalue weighted by molar-refractivity contribution is 0.147. The van der Waals surface area contributed by atoms with Crippen LogP contribution in [-0.2, 0) is 0 Å². The number of aliphatic hydroxyl groups excluding tert-OH is 1. The third kappa shape index (κ3) is 3.29. The molecule has 0 bridgehead atoms. The molecule has 3 atom stereocenters. The maximum atomic E-state index is 13.4. The maximum Gasteiger partial charge on any atom is 0.126 e. The van der Waals surface area contributed by atoms with Crippen LogP contribution in [0.5, 0.6) is 0 Å². The molecule has 0 aromatic heterocycles. The molecule has 0 saturated heterocycles. The molecule has 0 spiro atoms. The lowest BCUT2D eigenvalue weighted by atomic mass is 10.0. The van der Waals surface area contributed by atoms with E-state index in [0.717, 1.165) is 5.56 Å². The van der Waals surface area contributed by atoms with Crippen LogP contribution in [0.2, 0.25) is 0 Å². The minimum atomic E-state index is -0.419. The summed E-state index contributed by atoms with van der Waals surface area (Å²) in [6.07, 6.45) is -0.419. The molecule has 3 unspecified atom stereocenters. The van der Waals surface area contributed by atoms with E-state index in [9.17, 15) is 9.50 Å². The first-order chi connectivity index (χ1) is 7.41. The van der Waals surface area contributed by atoms with Gasteiger partial charge in [0.1, 0.15) is 5.82 Å². The minimum absolute atomic E-state index is 0.0145. The van der Waals surface area contributed by atoms with Gasteiger partial charge in [0.15, 0.2) is 0 Å². The molecule has 0 saturated carbocycles. The zero-order chi connectivity index (χ0) is 12.3. The molecule has 0 aliphatic heterocycles. The summed E-state index contributed by atoms with van der Waals surface area (Å²) >= 11 is 0. The SMILES string of the molecule is Cc1ccc(C(C)NC(C)C(C)O)cc1F. The Hall–Kier alpha value is -0.930. The molecule has 1 aromatic rings. The van der Waals surface area contributed by atoms with Crippen molar-refractivity contribution in [3.8, 4) is 0 Å². The summed E-state index contributed by atoms with van der Waals surface area (Å²) in [6.45, 7) is 7.35. The van der Waals surface area contributed by atoms with Crippen LogP contribution in [0.15, 0.2) is 18.2 Å². The first-order valence-corrected chi connectivity index (χ1v) is 5.62. The minimum Gasteiger partial charge on any atom is -0.392 e. The standard InChI is InChI=1S/C13H20FNO/c1-8-5-6-12(7-13(8)14)10(3)15-9(2)11(4)16/h5-7,9-11,15-16H,1-4H3. The number of aliphatic hydroxyl groups is 1. The van der Waals surface area contributed by atoms with Crippen molar-refractivity contribution in [2.24, 2.45) is 0 Å². The summed E-state index contributed by atoms with van der Waals surface area (Å²) in [5.41, 5.74) is 1.55. The molecule has 16 heavy (non-hydrogen) atoms. The van der Waals surface area contributed by atoms with Crippen molar-refractivity contribution in [3.63, 3.8) is 0 Å². The smallest absolute Gasteiger partial charge is 0.126 e. The summed E-state index contributed by atoms with van der Waals surface area (Å²) in [5.74, 6) is -0.184. The Balaban J connectivity index is 2.73. The number of halogens is 1. The average Bonchev–Trinajstić information content (AvgIpc) is 2.21. The highest BCUT2D eigenvalue weighted by molar-refractivity contribution is 5.25. The highest BCUT2D eigenvalue weighted by atomic mass is 19.1. The van der Waals surface area contributed by atoms with E-state index in [4.69, 9.17) is 0 Å². The van der Waals surface area contributed by atoms with E-state index < -0.39 is 6.10 Å². The van der Waals surface area contributed by atoms with Crippen LogP contribution in [0.3, 0.4) is 0 Å². The van der Waals surface area contributed by atoms with Crippen molar-refractivity contribution in [1.29, 1.82) is 0 Å². The summed E-state index contributed by atoms with van der Waals surface area (Å²) < 4.78 is 13.4. The van der Waals surface area contributed by atoms with Gasteiger partial charge >= 0.3 is 0 Å². The van der Waals surface area contributed by atoms with Gasteiger partial charge in [0.2, 0.25) is 0 Å². The molecule has 0 heterocycles. The second kappa shape index (κ2) is 5.41. The fourth-order valence-corrected chi connectivity index (χ4v) is 1.51. The predicted octanol–water partition coefficient (Wildman–Crippen LogP) is 2.55. The number of aryl methyl sites for hydroxylation is 1. The first kappa shape index (κ1) is 13.1. The zero-order valence-corrected chi connectivity index (χ0v) is 10.3. The molecular weight excluding hydrogens is 205 g/mol. The second-order valence-electron chi connectivity index (χ2n) is 4.43. The van der Waals surface area contributed by atoms with Crippen LogP contribution in [0.25, 0.3) is 0 Å². The first-order valence-electron chi connectivity index (χ1n) is 5.62.